The first-order chi connectivity index (χ1) is 9.72. The van der Waals surface area contributed by atoms with E-state index >= 15 is 0 Å². The maximum atomic E-state index is 12.9. The number of carbonyl (C=O) groups excluding carboxylic acids is 1. The summed E-state index contributed by atoms with van der Waals surface area (Å²) in [6, 6.07) is 3.27. The van der Waals surface area contributed by atoms with Gasteiger partial charge in [-0.15, -0.1) is 11.3 Å². The van der Waals surface area contributed by atoms with E-state index in [9.17, 15) is 4.79 Å². The number of hydrogen-bond donors (Lipinski definition) is 1. The molecule has 1 aromatic rings. The van der Waals surface area contributed by atoms with Gasteiger partial charge in [0.05, 0.1) is 4.88 Å². The molecule has 3 heterocycles. The SMILES string of the molecule is NC1CC2CCC(C1)N2C(=O)c1cc2c(s1)CCCC2. The molecule has 0 spiro atoms. The first kappa shape index (κ1) is 12.8. The number of fused-ring (bicyclic) bond motifs is 3. The molecule has 2 atom stereocenters. The van der Waals surface area contributed by atoms with Crippen LogP contribution in [0.5, 0.6) is 0 Å². The monoisotopic (exact) mass is 290 g/mol. The van der Waals surface area contributed by atoms with Crippen molar-refractivity contribution in [2.75, 3.05) is 0 Å². The molecule has 2 saturated heterocycles. The van der Waals surface area contributed by atoms with Gasteiger partial charge in [0.15, 0.2) is 0 Å². The predicted molar refractivity (Wildman–Crippen MR) is 81.1 cm³/mol. The fraction of sp³-hybridized carbons (Fsp3) is 0.688. The van der Waals surface area contributed by atoms with Gasteiger partial charge in [-0.05, 0) is 63.0 Å². The Morgan fingerprint density at radius 2 is 1.90 bits per heavy atom. The molecule has 20 heavy (non-hydrogen) atoms. The van der Waals surface area contributed by atoms with Gasteiger partial charge >= 0.3 is 0 Å². The van der Waals surface area contributed by atoms with Crippen LogP contribution in [0, 0.1) is 0 Å². The minimum atomic E-state index is 0.281. The number of rotatable bonds is 1. The van der Waals surface area contributed by atoms with Gasteiger partial charge in [-0.2, -0.15) is 0 Å². The molecule has 0 aromatic carbocycles. The van der Waals surface area contributed by atoms with Gasteiger partial charge in [-0.25, -0.2) is 0 Å². The molecule has 1 amide bonds. The van der Waals surface area contributed by atoms with E-state index in [2.05, 4.69) is 11.0 Å². The first-order valence-electron chi connectivity index (χ1n) is 7.92. The Balaban J connectivity index is 1.60. The maximum Gasteiger partial charge on any atom is 0.264 e. The lowest BCUT2D eigenvalue weighted by atomic mass is 9.97. The number of carbonyl (C=O) groups is 1. The van der Waals surface area contributed by atoms with Crippen molar-refractivity contribution in [3.05, 3.63) is 21.4 Å². The summed E-state index contributed by atoms with van der Waals surface area (Å²) in [5, 5.41) is 0. The molecule has 2 aliphatic heterocycles. The van der Waals surface area contributed by atoms with Crippen molar-refractivity contribution in [1.29, 1.82) is 0 Å². The number of hydrogen-bond acceptors (Lipinski definition) is 3. The van der Waals surface area contributed by atoms with Crippen LogP contribution in [-0.2, 0) is 12.8 Å². The fourth-order valence-electron chi connectivity index (χ4n) is 4.27. The lowest BCUT2D eigenvalue weighted by molar-refractivity contribution is 0.0580. The molecule has 2 fully saturated rings. The molecule has 1 aliphatic carbocycles. The molecule has 1 aromatic heterocycles. The molecular weight excluding hydrogens is 268 g/mol. The largest absolute Gasteiger partial charge is 0.332 e. The number of nitrogens with zero attached hydrogens (tertiary/aromatic N) is 1. The summed E-state index contributed by atoms with van der Waals surface area (Å²) in [6.07, 6.45) is 9.18. The highest BCUT2D eigenvalue weighted by atomic mass is 32.1. The van der Waals surface area contributed by atoms with E-state index in [0.717, 1.165) is 37.0 Å². The Morgan fingerprint density at radius 3 is 2.60 bits per heavy atom. The van der Waals surface area contributed by atoms with Crippen LogP contribution < -0.4 is 5.73 Å². The lowest BCUT2D eigenvalue weighted by Crippen LogP contribution is -2.49. The number of aryl methyl sites for hydroxylation is 2. The number of piperidine rings is 1. The van der Waals surface area contributed by atoms with E-state index in [-0.39, 0.29) is 5.91 Å². The Labute approximate surface area is 124 Å². The maximum absolute atomic E-state index is 12.9. The van der Waals surface area contributed by atoms with E-state index in [1.54, 1.807) is 11.3 Å². The smallest absolute Gasteiger partial charge is 0.264 e. The number of nitrogens with two attached hydrogens (primary N) is 1. The zero-order chi connectivity index (χ0) is 13.7. The van der Waals surface area contributed by atoms with Crippen molar-refractivity contribution in [3.8, 4) is 0 Å². The van der Waals surface area contributed by atoms with Crippen LogP contribution in [0.1, 0.15) is 58.6 Å². The van der Waals surface area contributed by atoms with E-state index in [1.807, 2.05) is 0 Å². The molecule has 108 valence electrons. The van der Waals surface area contributed by atoms with Crippen molar-refractivity contribution < 1.29 is 4.79 Å². The Kier molecular flexibility index (Phi) is 3.11. The third-order valence-electron chi connectivity index (χ3n) is 5.21. The molecular formula is C16H22N2OS. The summed E-state index contributed by atoms with van der Waals surface area (Å²) in [5.41, 5.74) is 7.54. The highest BCUT2D eigenvalue weighted by Gasteiger charge is 2.42. The van der Waals surface area contributed by atoms with Gasteiger partial charge in [0.1, 0.15) is 0 Å². The minimum Gasteiger partial charge on any atom is -0.332 e. The van der Waals surface area contributed by atoms with Crippen molar-refractivity contribution in [1.82, 2.24) is 4.90 Å². The van der Waals surface area contributed by atoms with Crippen molar-refractivity contribution in [2.45, 2.75) is 69.5 Å². The average Bonchev–Trinajstić information content (AvgIpc) is 2.98. The predicted octanol–water partition coefficient (Wildman–Crippen LogP) is 2.72. The standard InChI is InChI=1S/C16H22N2OS/c17-11-8-12-5-6-13(9-11)18(12)16(19)15-7-10-3-1-2-4-14(10)20-15/h7,11-13H,1-6,8-9,17H2. The third kappa shape index (κ3) is 2.01. The van der Waals surface area contributed by atoms with Gasteiger partial charge in [-0.1, -0.05) is 0 Å². The highest BCUT2D eigenvalue weighted by molar-refractivity contribution is 7.14. The summed E-state index contributed by atoms with van der Waals surface area (Å²) in [6.45, 7) is 0. The van der Waals surface area contributed by atoms with Crippen LogP contribution in [-0.4, -0.2) is 28.9 Å². The fourth-order valence-corrected chi connectivity index (χ4v) is 5.47. The van der Waals surface area contributed by atoms with Gasteiger partial charge in [0.25, 0.3) is 5.91 Å². The number of thiophene rings is 1. The van der Waals surface area contributed by atoms with Crippen LogP contribution >= 0.6 is 11.3 Å². The second kappa shape index (κ2) is 4.85. The summed E-state index contributed by atoms with van der Waals surface area (Å²) in [5.74, 6) is 0.281. The summed E-state index contributed by atoms with van der Waals surface area (Å²) < 4.78 is 0. The lowest BCUT2D eigenvalue weighted by Gasteiger charge is -2.37. The summed E-state index contributed by atoms with van der Waals surface area (Å²) in [4.78, 5) is 17.5. The van der Waals surface area contributed by atoms with Crippen LogP contribution in [0.25, 0.3) is 0 Å². The molecule has 4 rings (SSSR count). The van der Waals surface area contributed by atoms with Crippen molar-refractivity contribution in [2.24, 2.45) is 5.73 Å². The summed E-state index contributed by atoms with van der Waals surface area (Å²) in [7, 11) is 0. The zero-order valence-electron chi connectivity index (χ0n) is 11.8. The molecule has 2 bridgehead atoms. The van der Waals surface area contributed by atoms with Gasteiger partial charge < -0.3 is 10.6 Å². The third-order valence-corrected chi connectivity index (χ3v) is 6.44. The second-order valence-electron chi connectivity index (χ2n) is 6.60. The Bertz CT molecular complexity index is 501. The van der Waals surface area contributed by atoms with Crippen LogP contribution in [0.3, 0.4) is 0 Å². The topological polar surface area (TPSA) is 46.3 Å². The van der Waals surface area contributed by atoms with Crippen molar-refractivity contribution >= 4 is 17.2 Å². The molecule has 2 unspecified atom stereocenters. The Hall–Kier alpha value is -0.870. The van der Waals surface area contributed by atoms with E-state index in [1.165, 1.54) is 29.7 Å². The van der Waals surface area contributed by atoms with E-state index < -0.39 is 0 Å². The van der Waals surface area contributed by atoms with Crippen LogP contribution in [0.4, 0.5) is 0 Å². The average molecular weight is 290 g/mol. The Morgan fingerprint density at radius 1 is 1.20 bits per heavy atom. The first-order valence-corrected chi connectivity index (χ1v) is 8.74. The van der Waals surface area contributed by atoms with E-state index in [0.29, 0.717) is 18.1 Å². The molecule has 0 radical (unpaired) electrons. The van der Waals surface area contributed by atoms with Gasteiger partial charge in [0, 0.05) is 23.0 Å². The van der Waals surface area contributed by atoms with Crippen LogP contribution in [0.2, 0.25) is 0 Å². The molecule has 4 heteroatoms. The molecule has 2 N–H and O–H groups in total. The zero-order valence-corrected chi connectivity index (χ0v) is 12.6. The summed E-state index contributed by atoms with van der Waals surface area (Å²) >= 11 is 1.75. The van der Waals surface area contributed by atoms with Gasteiger partial charge in [0.2, 0.25) is 0 Å². The van der Waals surface area contributed by atoms with Crippen molar-refractivity contribution in [3.63, 3.8) is 0 Å². The van der Waals surface area contributed by atoms with Crippen LogP contribution in [0.15, 0.2) is 6.07 Å². The molecule has 0 saturated carbocycles. The quantitative estimate of drug-likeness (QED) is 0.864. The second-order valence-corrected chi connectivity index (χ2v) is 7.73. The number of amides is 1. The molecule has 3 aliphatic rings. The normalized spacial score (nSPS) is 32.2. The van der Waals surface area contributed by atoms with Gasteiger partial charge in [-0.3, -0.25) is 4.79 Å². The highest BCUT2D eigenvalue weighted by Crippen LogP contribution is 2.38. The minimum absolute atomic E-state index is 0.281. The van der Waals surface area contributed by atoms with E-state index in [4.69, 9.17) is 5.73 Å². The molecule has 3 nitrogen and oxygen atoms in total.